The lowest BCUT2D eigenvalue weighted by Gasteiger charge is -2.12. The maximum atomic E-state index is 11.3. The molecule has 1 amide bonds. The molecule has 8 heteroatoms. The molecule has 0 saturated carbocycles. The van der Waals surface area contributed by atoms with E-state index in [1.165, 1.54) is 6.92 Å². The molecule has 126 valence electrons. The fourth-order valence-corrected chi connectivity index (χ4v) is 1.21. The molecular weight excluding hydrogens is 294 g/mol. The van der Waals surface area contributed by atoms with Crippen molar-refractivity contribution in [3.8, 4) is 0 Å². The van der Waals surface area contributed by atoms with Gasteiger partial charge in [-0.25, -0.2) is 9.59 Å². The Hall–Kier alpha value is -2.09. The van der Waals surface area contributed by atoms with Crippen LogP contribution in [0.25, 0.3) is 0 Å². The minimum Gasteiger partial charge on any atom is -0.460 e. The number of alkyl carbamates (subject to hydrolysis) is 1. The highest BCUT2D eigenvalue weighted by Gasteiger charge is 2.10. The molecule has 0 spiro atoms. The highest BCUT2D eigenvalue weighted by Crippen LogP contribution is 1.97. The maximum Gasteiger partial charge on any atom is 0.407 e. The highest BCUT2D eigenvalue weighted by atomic mass is 16.7. The summed E-state index contributed by atoms with van der Waals surface area (Å²) in [6, 6.07) is 0. The average Bonchev–Trinajstić information content (AvgIpc) is 2.43. The number of carbonyl (C=O) groups excluding carboxylic acids is 3. The van der Waals surface area contributed by atoms with Crippen LogP contribution in [0.3, 0.4) is 0 Å². The fourth-order valence-electron chi connectivity index (χ4n) is 1.21. The summed E-state index contributed by atoms with van der Waals surface area (Å²) in [5, 5.41) is 2.37. The number of carbonyl (C=O) groups is 3. The van der Waals surface area contributed by atoms with Crippen molar-refractivity contribution in [2.24, 2.45) is 0 Å². The molecule has 1 N–H and O–H groups in total. The number of amides is 1. The van der Waals surface area contributed by atoms with Gasteiger partial charge in [0.25, 0.3) is 0 Å². The first kappa shape index (κ1) is 19.9. The molecule has 0 bridgehead atoms. The zero-order valence-corrected chi connectivity index (χ0v) is 13.2. The predicted octanol–water partition coefficient (Wildman–Crippen LogP) is 1.15. The minimum atomic E-state index is -0.711. The van der Waals surface area contributed by atoms with Crippen molar-refractivity contribution in [2.45, 2.75) is 33.5 Å². The van der Waals surface area contributed by atoms with E-state index in [2.05, 4.69) is 11.9 Å². The quantitative estimate of drug-likeness (QED) is 0.212. The van der Waals surface area contributed by atoms with Gasteiger partial charge < -0.3 is 24.3 Å². The van der Waals surface area contributed by atoms with Gasteiger partial charge in [-0.3, -0.25) is 4.79 Å². The van der Waals surface area contributed by atoms with Gasteiger partial charge in [-0.2, -0.15) is 0 Å². The third-order valence-electron chi connectivity index (χ3n) is 2.19. The highest BCUT2D eigenvalue weighted by molar-refractivity contribution is 5.86. The van der Waals surface area contributed by atoms with E-state index < -0.39 is 24.3 Å². The molecule has 0 heterocycles. The Morgan fingerprint density at radius 1 is 1.18 bits per heavy atom. The van der Waals surface area contributed by atoms with Crippen molar-refractivity contribution < 1.29 is 33.3 Å². The minimum absolute atomic E-state index is 0.00864. The summed E-state index contributed by atoms with van der Waals surface area (Å²) in [4.78, 5) is 33.6. The molecule has 0 aromatic heterocycles. The first-order valence-electron chi connectivity index (χ1n) is 6.91. The van der Waals surface area contributed by atoms with Crippen molar-refractivity contribution in [1.82, 2.24) is 5.32 Å². The van der Waals surface area contributed by atoms with Gasteiger partial charge in [0.05, 0.1) is 13.0 Å². The second-order valence-corrected chi connectivity index (χ2v) is 4.24. The molecule has 0 fully saturated rings. The summed E-state index contributed by atoms with van der Waals surface area (Å²) >= 11 is 0. The Labute approximate surface area is 129 Å². The lowest BCUT2D eigenvalue weighted by Crippen LogP contribution is -2.29. The van der Waals surface area contributed by atoms with Crippen molar-refractivity contribution in [3.05, 3.63) is 12.2 Å². The molecule has 0 aliphatic heterocycles. The fraction of sp³-hybridized carbons (Fsp3) is 0.643. The van der Waals surface area contributed by atoms with E-state index in [1.54, 1.807) is 13.8 Å². The normalized spacial score (nSPS) is 11.2. The molecule has 0 saturated heterocycles. The number of rotatable bonds is 10. The van der Waals surface area contributed by atoms with Crippen LogP contribution in [0.1, 0.15) is 27.2 Å². The zero-order chi connectivity index (χ0) is 17.0. The zero-order valence-electron chi connectivity index (χ0n) is 13.2. The third kappa shape index (κ3) is 10.7. The van der Waals surface area contributed by atoms with Crippen LogP contribution in [-0.2, 0) is 28.5 Å². The lowest BCUT2D eigenvalue weighted by atomic mass is 10.4. The molecule has 0 radical (unpaired) electrons. The van der Waals surface area contributed by atoms with E-state index >= 15 is 0 Å². The van der Waals surface area contributed by atoms with Crippen molar-refractivity contribution in [2.75, 3.05) is 26.4 Å². The van der Waals surface area contributed by atoms with E-state index in [0.29, 0.717) is 6.61 Å². The first-order chi connectivity index (χ1) is 10.4. The predicted molar refractivity (Wildman–Crippen MR) is 76.9 cm³/mol. The van der Waals surface area contributed by atoms with E-state index in [9.17, 15) is 14.4 Å². The van der Waals surface area contributed by atoms with E-state index in [0.717, 1.165) is 0 Å². The van der Waals surface area contributed by atoms with Crippen LogP contribution in [0.15, 0.2) is 12.2 Å². The van der Waals surface area contributed by atoms with Gasteiger partial charge in [0, 0.05) is 12.2 Å². The number of nitrogens with one attached hydrogen (secondary N) is 1. The Bertz CT molecular complexity index is 395. The van der Waals surface area contributed by atoms with Gasteiger partial charge in [0.1, 0.15) is 13.2 Å². The van der Waals surface area contributed by atoms with Crippen LogP contribution in [0, 0.1) is 0 Å². The van der Waals surface area contributed by atoms with Crippen LogP contribution < -0.4 is 5.32 Å². The number of ether oxygens (including phenoxy) is 4. The Morgan fingerprint density at radius 2 is 1.86 bits per heavy atom. The molecule has 0 rings (SSSR count). The van der Waals surface area contributed by atoms with Gasteiger partial charge in [-0.05, 0) is 20.8 Å². The topological polar surface area (TPSA) is 100 Å². The van der Waals surface area contributed by atoms with Crippen LogP contribution in [-0.4, -0.2) is 50.7 Å². The SMILES string of the molecule is C=C(C)C(=O)OCCNC(=O)OCCC(=O)OC(C)OCC. The van der Waals surface area contributed by atoms with Crippen LogP contribution in [0.4, 0.5) is 4.79 Å². The number of esters is 2. The monoisotopic (exact) mass is 317 g/mol. The first-order valence-corrected chi connectivity index (χ1v) is 6.91. The molecule has 0 aromatic rings. The summed E-state index contributed by atoms with van der Waals surface area (Å²) in [5.41, 5.74) is 0.280. The van der Waals surface area contributed by atoms with Gasteiger partial charge in [0.2, 0.25) is 0 Å². The van der Waals surface area contributed by atoms with E-state index in [1.807, 2.05) is 0 Å². The molecule has 22 heavy (non-hydrogen) atoms. The molecule has 1 unspecified atom stereocenters. The van der Waals surface area contributed by atoms with Gasteiger partial charge in [-0.15, -0.1) is 0 Å². The summed E-state index contributed by atoms with van der Waals surface area (Å²) in [6.07, 6.45) is -1.42. The van der Waals surface area contributed by atoms with Crippen LogP contribution in [0.5, 0.6) is 0 Å². The van der Waals surface area contributed by atoms with Crippen molar-refractivity contribution in [3.63, 3.8) is 0 Å². The summed E-state index contributed by atoms with van der Waals surface area (Å²) in [5.74, 6) is -1.05. The summed E-state index contributed by atoms with van der Waals surface area (Å²) in [7, 11) is 0. The third-order valence-corrected chi connectivity index (χ3v) is 2.19. The smallest absolute Gasteiger partial charge is 0.407 e. The maximum absolute atomic E-state index is 11.3. The Balaban J connectivity index is 3.63. The lowest BCUT2D eigenvalue weighted by molar-refractivity contribution is -0.174. The molecular formula is C14H23NO7. The van der Waals surface area contributed by atoms with Crippen molar-refractivity contribution >= 4 is 18.0 Å². The molecule has 8 nitrogen and oxygen atoms in total. The molecule has 1 atom stereocenters. The standard InChI is InChI=1S/C14H23NO7/c1-5-19-11(4)22-12(16)6-8-21-14(18)15-7-9-20-13(17)10(2)3/h11H,2,5-9H2,1,3-4H3,(H,15,18). The molecule has 0 aliphatic carbocycles. The van der Waals surface area contributed by atoms with E-state index in [-0.39, 0.29) is 31.8 Å². The number of hydrogen-bond acceptors (Lipinski definition) is 7. The second kappa shape index (κ2) is 11.6. The Morgan fingerprint density at radius 3 is 2.45 bits per heavy atom. The summed E-state index contributed by atoms with van der Waals surface area (Å²) < 4.78 is 19.4. The van der Waals surface area contributed by atoms with Gasteiger partial charge in [0.15, 0.2) is 6.29 Å². The van der Waals surface area contributed by atoms with Gasteiger partial charge in [-0.1, -0.05) is 6.58 Å². The molecule has 0 aromatic carbocycles. The largest absolute Gasteiger partial charge is 0.460 e. The second-order valence-electron chi connectivity index (χ2n) is 4.24. The summed E-state index contributed by atoms with van der Waals surface area (Å²) in [6.45, 7) is 8.75. The van der Waals surface area contributed by atoms with E-state index in [4.69, 9.17) is 18.9 Å². The molecule has 0 aliphatic rings. The van der Waals surface area contributed by atoms with Crippen LogP contribution >= 0.6 is 0 Å². The van der Waals surface area contributed by atoms with Gasteiger partial charge >= 0.3 is 18.0 Å². The average molecular weight is 317 g/mol. The van der Waals surface area contributed by atoms with Crippen LogP contribution in [0.2, 0.25) is 0 Å². The number of hydrogen-bond donors (Lipinski definition) is 1. The Kier molecular flexibility index (Phi) is 10.5. The van der Waals surface area contributed by atoms with Crippen molar-refractivity contribution in [1.29, 1.82) is 0 Å².